The zero-order chi connectivity index (χ0) is 24.4. The average molecular weight is 470 g/mol. The lowest BCUT2D eigenvalue weighted by Gasteiger charge is -2.33. The fraction of sp³-hybridized carbons (Fsp3) is 0.542. The lowest BCUT2D eigenvalue weighted by Crippen LogP contribution is -2.52. The lowest BCUT2D eigenvalue weighted by atomic mass is 9.70. The number of carbonyl (C=O) groups excluding carboxylic acids is 3. The van der Waals surface area contributed by atoms with Crippen molar-refractivity contribution in [2.75, 3.05) is 13.2 Å². The molecule has 1 saturated heterocycles. The molecule has 0 unspecified atom stereocenters. The van der Waals surface area contributed by atoms with Crippen LogP contribution in [0.15, 0.2) is 36.4 Å². The number of amides is 2. The molecule has 4 rings (SSSR count). The predicted octanol–water partition coefficient (Wildman–Crippen LogP) is 1.10. The minimum absolute atomic E-state index is 0.0760. The van der Waals surface area contributed by atoms with Crippen LogP contribution in [-0.4, -0.2) is 68.1 Å². The van der Waals surface area contributed by atoms with Gasteiger partial charge in [-0.25, -0.2) is 4.68 Å². The van der Waals surface area contributed by atoms with E-state index in [1.807, 2.05) is 50.3 Å². The van der Waals surface area contributed by atoms with E-state index in [1.54, 1.807) is 11.6 Å². The van der Waals surface area contributed by atoms with Gasteiger partial charge in [-0.2, -0.15) is 0 Å². The SMILES string of the molecule is CCOC(=O)[C@H]1[C@H]2C(=O)N([C@@H](CC)CO)[C@H](C(=O)NCn3nnc4ccccc43)[C@H]2C=C[C@H]1C. The molecule has 6 atom stereocenters. The lowest BCUT2D eigenvalue weighted by molar-refractivity contribution is -0.155. The normalized spacial score (nSPS) is 27.0. The average Bonchev–Trinajstić information content (AvgIpc) is 3.38. The van der Waals surface area contributed by atoms with Crippen LogP contribution in [0.1, 0.15) is 27.2 Å². The Labute approximate surface area is 197 Å². The second kappa shape index (κ2) is 9.92. The number of carbonyl (C=O) groups is 3. The third-order valence-corrected chi connectivity index (χ3v) is 6.93. The molecule has 182 valence electrons. The number of hydrogen-bond acceptors (Lipinski definition) is 7. The van der Waals surface area contributed by atoms with E-state index < -0.39 is 35.8 Å². The van der Waals surface area contributed by atoms with E-state index in [2.05, 4.69) is 15.6 Å². The monoisotopic (exact) mass is 469 g/mol. The number of esters is 1. The Hall–Kier alpha value is -3.27. The summed E-state index contributed by atoms with van der Waals surface area (Å²) in [5.74, 6) is -3.22. The molecule has 2 aliphatic rings. The van der Waals surface area contributed by atoms with E-state index in [0.29, 0.717) is 11.9 Å². The Balaban J connectivity index is 1.64. The van der Waals surface area contributed by atoms with E-state index >= 15 is 0 Å². The van der Waals surface area contributed by atoms with Gasteiger partial charge in [0.05, 0.1) is 36.6 Å². The fourth-order valence-corrected chi connectivity index (χ4v) is 5.24. The van der Waals surface area contributed by atoms with Crippen LogP contribution in [-0.2, 0) is 25.8 Å². The van der Waals surface area contributed by atoms with Crippen molar-refractivity contribution in [3.8, 4) is 0 Å². The summed E-state index contributed by atoms with van der Waals surface area (Å²) in [5.41, 5.74) is 1.48. The predicted molar refractivity (Wildman–Crippen MR) is 123 cm³/mol. The molecular formula is C24H31N5O5. The number of fused-ring (bicyclic) bond motifs is 2. The van der Waals surface area contributed by atoms with Gasteiger partial charge in [0.1, 0.15) is 18.2 Å². The maximum absolute atomic E-state index is 13.7. The van der Waals surface area contributed by atoms with Crippen molar-refractivity contribution in [2.45, 2.75) is 45.9 Å². The quantitative estimate of drug-likeness (QED) is 0.438. The largest absolute Gasteiger partial charge is 0.466 e. The third-order valence-electron chi connectivity index (χ3n) is 6.93. The highest BCUT2D eigenvalue weighted by molar-refractivity contribution is 5.96. The molecule has 2 amide bonds. The molecular weight excluding hydrogens is 438 g/mol. The topological polar surface area (TPSA) is 127 Å². The molecule has 1 aliphatic heterocycles. The first kappa shape index (κ1) is 23.9. The Morgan fingerprint density at radius 1 is 1.24 bits per heavy atom. The first-order valence-corrected chi connectivity index (χ1v) is 11.8. The van der Waals surface area contributed by atoms with Gasteiger partial charge >= 0.3 is 5.97 Å². The highest BCUT2D eigenvalue weighted by Crippen LogP contribution is 2.45. The van der Waals surface area contributed by atoms with Gasteiger partial charge in [0, 0.05) is 5.92 Å². The first-order valence-electron chi connectivity index (χ1n) is 11.8. The van der Waals surface area contributed by atoms with Crippen LogP contribution in [0.5, 0.6) is 0 Å². The van der Waals surface area contributed by atoms with Gasteiger partial charge in [-0.3, -0.25) is 14.4 Å². The maximum atomic E-state index is 13.7. The van der Waals surface area contributed by atoms with Crippen LogP contribution in [0.4, 0.5) is 0 Å². The molecule has 0 spiro atoms. The van der Waals surface area contributed by atoms with Gasteiger partial charge in [-0.15, -0.1) is 5.10 Å². The first-order chi connectivity index (χ1) is 16.4. The second-order valence-electron chi connectivity index (χ2n) is 8.84. The van der Waals surface area contributed by atoms with Crippen molar-refractivity contribution in [2.24, 2.45) is 23.7 Å². The number of aliphatic hydroxyl groups is 1. The van der Waals surface area contributed by atoms with Crippen molar-refractivity contribution < 1.29 is 24.2 Å². The molecule has 10 nitrogen and oxygen atoms in total. The molecule has 2 heterocycles. The van der Waals surface area contributed by atoms with Gasteiger partial charge in [0.15, 0.2) is 0 Å². The van der Waals surface area contributed by atoms with Crippen LogP contribution in [0.25, 0.3) is 11.0 Å². The van der Waals surface area contributed by atoms with Crippen LogP contribution in [0, 0.1) is 23.7 Å². The summed E-state index contributed by atoms with van der Waals surface area (Å²) in [6.07, 6.45) is 4.22. The van der Waals surface area contributed by atoms with Crippen LogP contribution in [0.3, 0.4) is 0 Å². The van der Waals surface area contributed by atoms with Crippen LogP contribution < -0.4 is 5.32 Å². The van der Waals surface area contributed by atoms with Crippen molar-refractivity contribution in [3.05, 3.63) is 36.4 Å². The number of nitrogens with one attached hydrogen (secondary N) is 1. The molecule has 1 aromatic heterocycles. The number of para-hydroxylation sites is 1. The van der Waals surface area contributed by atoms with Gasteiger partial charge < -0.3 is 20.1 Å². The van der Waals surface area contributed by atoms with E-state index in [1.165, 1.54) is 4.90 Å². The molecule has 0 saturated carbocycles. The number of allylic oxidation sites excluding steroid dienone is 1. The number of likely N-dealkylation sites (tertiary alicyclic amines) is 1. The maximum Gasteiger partial charge on any atom is 0.310 e. The summed E-state index contributed by atoms with van der Waals surface area (Å²) in [7, 11) is 0. The van der Waals surface area contributed by atoms with E-state index in [0.717, 1.165) is 5.52 Å². The third kappa shape index (κ3) is 4.06. The minimum atomic E-state index is -0.856. The standard InChI is InChI=1S/C24H31N5O5/c1-4-15(12-30)29-21(22(31)25-13-28-18-9-7-6-8-17(18)26-27-28)16-11-10-14(3)19(20(16)23(29)32)24(33)34-5-2/h6-11,14-16,19-21,30H,4-5,12-13H2,1-3H3,(H,25,31)/t14-,15+,16+,19-,20+,21+/m1/s1. The van der Waals surface area contributed by atoms with Crippen molar-refractivity contribution in [1.29, 1.82) is 0 Å². The zero-order valence-corrected chi connectivity index (χ0v) is 19.6. The van der Waals surface area contributed by atoms with Gasteiger partial charge in [-0.1, -0.05) is 43.3 Å². The molecule has 1 aliphatic carbocycles. The number of aromatic nitrogens is 3. The van der Waals surface area contributed by atoms with Crippen molar-refractivity contribution in [3.63, 3.8) is 0 Å². The van der Waals surface area contributed by atoms with Crippen molar-refractivity contribution >= 4 is 28.8 Å². The van der Waals surface area contributed by atoms with E-state index in [4.69, 9.17) is 4.74 Å². The Kier molecular flexibility index (Phi) is 6.97. The number of aliphatic hydroxyl groups excluding tert-OH is 1. The molecule has 2 N–H and O–H groups in total. The van der Waals surface area contributed by atoms with E-state index in [-0.39, 0.29) is 37.6 Å². The van der Waals surface area contributed by atoms with Gasteiger partial charge in [0.25, 0.3) is 0 Å². The van der Waals surface area contributed by atoms with Crippen LogP contribution in [0.2, 0.25) is 0 Å². The van der Waals surface area contributed by atoms with E-state index in [9.17, 15) is 19.5 Å². The number of hydrogen-bond donors (Lipinski definition) is 2. The smallest absolute Gasteiger partial charge is 0.310 e. The van der Waals surface area contributed by atoms with Gasteiger partial charge in [-0.05, 0) is 31.4 Å². The molecule has 1 fully saturated rings. The van der Waals surface area contributed by atoms with Crippen molar-refractivity contribution in [1.82, 2.24) is 25.2 Å². The molecule has 1 aromatic carbocycles. The van der Waals surface area contributed by atoms with Gasteiger partial charge in [0.2, 0.25) is 11.8 Å². The second-order valence-corrected chi connectivity index (χ2v) is 8.84. The number of ether oxygens (including phenoxy) is 1. The molecule has 10 heteroatoms. The highest BCUT2D eigenvalue weighted by Gasteiger charge is 2.58. The molecule has 2 aromatic rings. The summed E-state index contributed by atoms with van der Waals surface area (Å²) in [4.78, 5) is 41.4. The molecule has 34 heavy (non-hydrogen) atoms. The molecule has 0 bridgehead atoms. The number of benzene rings is 1. The number of nitrogens with zero attached hydrogens (tertiary/aromatic N) is 4. The summed E-state index contributed by atoms with van der Waals surface area (Å²) in [5, 5.41) is 21.1. The number of rotatable bonds is 8. The summed E-state index contributed by atoms with van der Waals surface area (Å²) in [6, 6.07) is 6.02. The summed E-state index contributed by atoms with van der Waals surface area (Å²) >= 11 is 0. The minimum Gasteiger partial charge on any atom is -0.466 e. The fourth-order valence-electron chi connectivity index (χ4n) is 5.24. The zero-order valence-electron chi connectivity index (χ0n) is 19.6. The summed E-state index contributed by atoms with van der Waals surface area (Å²) in [6.45, 7) is 5.47. The Morgan fingerprint density at radius 3 is 2.71 bits per heavy atom. The Morgan fingerprint density at radius 2 is 2.00 bits per heavy atom. The van der Waals surface area contributed by atoms with Crippen LogP contribution >= 0.6 is 0 Å². The molecule has 0 radical (unpaired) electrons. The highest BCUT2D eigenvalue weighted by atomic mass is 16.5. The Bertz CT molecular complexity index is 1090. The summed E-state index contributed by atoms with van der Waals surface area (Å²) < 4.78 is 6.86.